The van der Waals surface area contributed by atoms with Crippen molar-refractivity contribution in [1.82, 2.24) is 9.88 Å². The Morgan fingerprint density at radius 3 is 2.88 bits per heavy atom. The van der Waals surface area contributed by atoms with Gasteiger partial charge in [-0.15, -0.1) is 0 Å². The van der Waals surface area contributed by atoms with E-state index >= 15 is 0 Å². The molecule has 2 aromatic rings. The topological polar surface area (TPSA) is 17.0 Å². The van der Waals surface area contributed by atoms with Gasteiger partial charge in [0.1, 0.15) is 0 Å². The predicted molar refractivity (Wildman–Crippen MR) is 74.1 cm³/mol. The van der Waals surface area contributed by atoms with Crippen LogP contribution in [0.1, 0.15) is 19.4 Å². The van der Waals surface area contributed by atoms with Crippen molar-refractivity contribution < 1.29 is 0 Å². The van der Waals surface area contributed by atoms with Gasteiger partial charge in [-0.05, 0) is 31.2 Å². The number of nitrogens with zero attached hydrogens (tertiary/aromatic N) is 1. The largest absolute Gasteiger partial charge is 0.343 e. The Hall–Kier alpha value is -1.54. The Balaban J connectivity index is 2.38. The summed E-state index contributed by atoms with van der Waals surface area (Å²) in [6.07, 6.45) is 2.15. The molecule has 0 aliphatic carbocycles. The molecule has 1 heterocycles. The highest BCUT2D eigenvalue weighted by atomic mass is 15.0. The van der Waals surface area contributed by atoms with Gasteiger partial charge in [-0.2, -0.15) is 0 Å². The van der Waals surface area contributed by atoms with Crippen molar-refractivity contribution in [2.45, 2.75) is 26.9 Å². The minimum atomic E-state index is 0.897. The molecule has 1 aromatic heterocycles. The van der Waals surface area contributed by atoms with Crippen molar-refractivity contribution in [2.24, 2.45) is 0 Å². The van der Waals surface area contributed by atoms with Crippen LogP contribution in [0.5, 0.6) is 0 Å². The Labute approximate surface area is 103 Å². The average Bonchev–Trinajstić information content (AvgIpc) is 2.70. The second-order valence-corrected chi connectivity index (χ2v) is 4.53. The van der Waals surface area contributed by atoms with Gasteiger partial charge in [0.05, 0.1) is 0 Å². The molecule has 1 aromatic carbocycles. The van der Waals surface area contributed by atoms with Crippen molar-refractivity contribution in [3.8, 4) is 0 Å². The van der Waals surface area contributed by atoms with E-state index in [9.17, 15) is 0 Å². The second-order valence-electron chi connectivity index (χ2n) is 4.53. The van der Waals surface area contributed by atoms with Crippen molar-refractivity contribution in [2.75, 3.05) is 6.54 Å². The molecule has 0 atom stereocenters. The summed E-state index contributed by atoms with van der Waals surface area (Å²) in [7, 11) is 0. The number of fused-ring (bicyclic) bond motifs is 1. The van der Waals surface area contributed by atoms with E-state index in [0.29, 0.717) is 0 Å². The number of allylic oxidation sites excluding steroid dienone is 1. The molecule has 0 amide bonds. The minimum absolute atomic E-state index is 0.897. The lowest BCUT2D eigenvalue weighted by Gasteiger charge is -2.07. The van der Waals surface area contributed by atoms with Crippen LogP contribution in [0.25, 0.3) is 10.9 Å². The van der Waals surface area contributed by atoms with E-state index in [1.54, 1.807) is 0 Å². The van der Waals surface area contributed by atoms with Crippen molar-refractivity contribution in [3.63, 3.8) is 0 Å². The van der Waals surface area contributed by atoms with E-state index in [-0.39, 0.29) is 0 Å². The highest BCUT2D eigenvalue weighted by Crippen LogP contribution is 2.21. The van der Waals surface area contributed by atoms with Gasteiger partial charge in [-0.3, -0.25) is 0 Å². The lowest BCUT2D eigenvalue weighted by atomic mass is 10.1. The van der Waals surface area contributed by atoms with E-state index in [0.717, 1.165) is 19.6 Å². The van der Waals surface area contributed by atoms with E-state index < -0.39 is 0 Å². The Morgan fingerprint density at radius 2 is 2.18 bits per heavy atom. The zero-order chi connectivity index (χ0) is 12.3. The molecule has 0 radical (unpaired) electrons. The number of hydrogen-bond donors (Lipinski definition) is 1. The molecular formula is C15H20N2. The van der Waals surface area contributed by atoms with Crippen LogP contribution in [0.3, 0.4) is 0 Å². The van der Waals surface area contributed by atoms with Gasteiger partial charge in [0.25, 0.3) is 0 Å². The minimum Gasteiger partial charge on any atom is -0.343 e. The zero-order valence-corrected chi connectivity index (χ0v) is 10.7. The molecule has 1 N–H and O–H groups in total. The molecule has 0 saturated carbocycles. The molecular weight excluding hydrogens is 208 g/mol. The lowest BCUT2D eigenvalue weighted by Crippen LogP contribution is -2.11. The van der Waals surface area contributed by atoms with E-state index in [4.69, 9.17) is 0 Å². The third-order valence-corrected chi connectivity index (χ3v) is 2.91. The molecule has 90 valence electrons. The van der Waals surface area contributed by atoms with Gasteiger partial charge in [0.2, 0.25) is 0 Å². The van der Waals surface area contributed by atoms with Crippen LogP contribution in [-0.2, 0) is 13.1 Å². The van der Waals surface area contributed by atoms with Crippen LogP contribution >= 0.6 is 0 Å². The number of rotatable bonds is 5. The Kier molecular flexibility index (Phi) is 3.64. The highest BCUT2D eigenvalue weighted by Gasteiger charge is 2.04. The van der Waals surface area contributed by atoms with Crippen LogP contribution in [-0.4, -0.2) is 11.1 Å². The SMILES string of the molecule is C=C(C)Cn1ccc2c(CNCC)cccc21. The third-order valence-electron chi connectivity index (χ3n) is 2.91. The number of aromatic nitrogens is 1. The van der Waals surface area contributed by atoms with Gasteiger partial charge >= 0.3 is 0 Å². The van der Waals surface area contributed by atoms with Crippen LogP contribution in [0.4, 0.5) is 0 Å². The van der Waals surface area contributed by atoms with E-state index in [1.165, 1.54) is 22.0 Å². The normalized spacial score (nSPS) is 10.9. The van der Waals surface area contributed by atoms with Gasteiger partial charge in [0, 0.05) is 30.2 Å². The van der Waals surface area contributed by atoms with E-state index in [1.807, 2.05) is 0 Å². The first-order valence-corrected chi connectivity index (χ1v) is 6.14. The summed E-state index contributed by atoms with van der Waals surface area (Å²) in [5.41, 5.74) is 3.84. The molecule has 0 aliphatic heterocycles. The highest BCUT2D eigenvalue weighted by molar-refractivity contribution is 5.83. The standard InChI is InChI=1S/C15H20N2/c1-4-16-10-13-6-5-7-15-14(13)8-9-17(15)11-12(2)3/h5-9,16H,2,4,10-11H2,1,3H3. The molecule has 0 saturated heterocycles. The zero-order valence-electron chi connectivity index (χ0n) is 10.7. The maximum atomic E-state index is 3.98. The van der Waals surface area contributed by atoms with Crippen molar-refractivity contribution in [1.29, 1.82) is 0 Å². The summed E-state index contributed by atoms with van der Waals surface area (Å²) in [5, 5.41) is 4.72. The van der Waals surface area contributed by atoms with Crippen LogP contribution in [0.15, 0.2) is 42.6 Å². The molecule has 0 fully saturated rings. The number of benzene rings is 1. The quantitative estimate of drug-likeness (QED) is 0.777. The first-order chi connectivity index (χ1) is 8.22. The maximum absolute atomic E-state index is 3.98. The fourth-order valence-electron chi connectivity index (χ4n) is 2.13. The molecule has 0 spiro atoms. The molecule has 0 unspecified atom stereocenters. The molecule has 0 bridgehead atoms. The first-order valence-electron chi connectivity index (χ1n) is 6.14. The van der Waals surface area contributed by atoms with E-state index in [2.05, 4.69) is 60.8 Å². The van der Waals surface area contributed by atoms with Gasteiger partial charge in [-0.25, -0.2) is 0 Å². The van der Waals surface area contributed by atoms with Gasteiger partial charge in [-0.1, -0.05) is 31.2 Å². The van der Waals surface area contributed by atoms with Crippen LogP contribution < -0.4 is 5.32 Å². The summed E-state index contributed by atoms with van der Waals surface area (Å²) < 4.78 is 2.26. The number of hydrogen-bond acceptors (Lipinski definition) is 1. The van der Waals surface area contributed by atoms with Crippen LogP contribution in [0.2, 0.25) is 0 Å². The summed E-state index contributed by atoms with van der Waals surface area (Å²) in [6, 6.07) is 8.69. The fourth-order valence-corrected chi connectivity index (χ4v) is 2.13. The Bertz CT molecular complexity index is 523. The smallest absolute Gasteiger partial charge is 0.0486 e. The summed E-state index contributed by atoms with van der Waals surface area (Å²) in [5.74, 6) is 0. The van der Waals surface area contributed by atoms with Gasteiger partial charge in [0.15, 0.2) is 0 Å². The summed E-state index contributed by atoms with van der Waals surface area (Å²) in [6.45, 7) is 11.0. The average molecular weight is 228 g/mol. The van der Waals surface area contributed by atoms with Crippen molar-refractivity contribution in [3.05, 3.63) is 48.2 Å². The molecule has 2 nitrogen and oxygen atoms in total. The summed E-state index contributed by atoms with van der Waals surface area (Å²) in [4.78, 5) is 0. The molecule has 2 heteroatoms. The maximum Gasteiger partial charge on any atom is 0.0486 e. The lowest BCUT2D eigenvalue weighted by molar-refractivity contribution is 0.730. The van der Waals surface area contributed by atoms with Gasteiger partial charge < -0.3 is 9.88 Å². The third kappa shape index (κ3) is 2.59. The van der Waals surface area contributed by atoms with Crippen molar-refractivity contribution >= 4 is 10.9 Å². The second kappa shape index (κ2) is 5.19. The van der Waals surface area contributed by atoms with Crippen LogP contribution in [0, 0.1) is 0 Å². The Morgan fingerprint density at radius 1 is 1.35 bits per heavy atom. The predicted octanol–water partition coefficient (Wildman–Crippen LogP) is 3.33. The summed E-state index contributed by atoms with van der Waals surface area (Å²) >= 11 is 0. The molecule has 17 heavy (non-hydrogen) atoms. The monoisotopic (exact) mass is 228 g/mol. The molecule has 2 rings (SSSR count). The number of nitrogens with one attached hydrogen (secondary N) is 1. The first kappa shape index (κ1) is 11.9. The fraction of sp³-hybridized carbons (Fsp3) is 0.333. The molecule has 0 aliphatic rings.